The summed E-state index contributed by atoms with van der Waals surface area (Å²) in [5.74, 6) is -0.345. The van der Waals surface area contributed by atoms with E-state index in [2.05, 4.69) is 72.3 Å². The molecule has 342 valence electrons. The maximum Gasteiger partial charge on any atom is 0.306 e. The maximum absolute atomic E-state index is 13.2. The molecule has 0 N–H and O–H groups in total. The number of methoxy groups -OCH3 is 1. The van der Waals surface area contributed by atoms with Crippen LogP contribution in [0.2, 0.25) is 0 Å². The molecule has 0 radical (unpaired) electrons. The van der Waals surface area contributed by atoms with Crippen LogP contribution in [-0.2, 0) is 47.7 Å². The predicted octanol–water partition coefficient (Wildman–Crippen LogP) is 10.9. The van der Waals surface area contributed by atoms with Crippen molar-refractivity contribution in [2.24, 2.45) is 45.3 Å². The standard InChI is InChI=1S/C51H78O10/c1-35(25-31-58-40(6)52)21-27-49(8)38(4)23-30-51(39(5)14-12-16-43(49)51)34-61-47(56)20-19-45(54)59-32-26-36(2)22-28-50(9)41(33-60-46(55)18-17-44(53)57-10)24-29-48(7)37(3)13-11-15-42(48)50/h13-14,25-26,38,41-43H,11-12,15-24,27-34H2,1-10H3. The molecule has 8 unspecified atom stereocenters. The Bertz CT molecular complexity index is 1700. The fourth-order valence-electron chi connectivity index (χ4n) is 11.7. The third-order valence-electron chi connectivity index (χ3n) is 16.4. The highest BCUT2D eigenvalue weighted by Gasteiger charge is 2.56. The van der Waals surface area contributed by atoms with Crippen molar-refractivity contribution in [3.8, 4) is 0 Å². The summed E-state index contributed by atoms with van der Waals surface area (Å²) in [5, 5.41) is 0. The highest BCUT2D eigenvalue weighted by molar-refractivity contribution is 5.78. The Hall–Kier alpha value is -3.69. The van der Waals surface area contributed by atoms with Crippen molar-refractivity contribution in [2.75, 3.05) is 33.5 Å². The van der Waals surface area contributed by atoms with E-state index < -0.39 is 11.9 Å². The first-order valence-electron chi connectivity index (χ1n) is 23.1. The monoisotopic (exact) mass is 851 g/mol. The lowest BCUT2D eigenvalue weighted by Gasteiger charge is -2.59. The van der Waals surface area contributed by atoms with Gasteiger partial charge in [-0.15, -0.1) is 0 Å². The zero-order valence-electron chi connectivity index (χ0n) is 39.3. The minimum atomic E-state index is -0.421. The SMILES string of the molecule is COC(=O)CCC(=O)OCC1CCC2(C)C(C)=CCCC2C1(C)CCC(C)=CCOC(=O)CCC(=O)OCC12CCC(C)C(C)(CCC(C)=CCOC(C)=O)C1CCC=C2C. The zero-order valence-corrected chi connectivity index (χ0v) is 39.3. The van der Waals surface area contributed by atoms with E-state index >= 15 is 0 Å². The van der Waals surface area contributed by atoms with Crippen LogP contribution in [0.3, 0.4) is 0 Å². The summed E-state index contributed by atoms with van der Waals surface area (Å²) in [6.45, 7) is 20.7. The van der Waals surface area contributed by atoms with Gasteiger partial charge in [-0.2, -0.15) is 0 Å². The number of esters is 5. The predicted molar refractivity (Wildman–Crippen MR) is 237 cm³/mol. The topological polar surface area (TPSA) is 132 Å². The van der Waals surface area contributed by atoms with Gasteiger partial charge in [-0.1, -0.05) is 62.1 Å². The molecular weight excluding hydrogens is 773 g/mol. The first-order valence-corrected chi connectivity index (χ1v) is 23.1. The summed E-state index contributed by atoms with van der Waals surface area (Å²) >= 11 is 0. The summed E-state index contributed by atoms with van der Waals surface area (Å²) in [6.07, 6.45) is 20.6. The highest BCUT2D eigenvalue weighted by Crippen LogP contribution is 2.63. The van der Waals surface area contributed by atoms with Crippen LogP contribution in [-0.4, -0.2) is 63.4 Å². The Labute approximate surface area is 367 Å². The van der Waals surface area contributed by atoms with Gasteiger partial charge in [0.15, 0.2) is 0 Å². The van der Waals surface area contributed by atoms with Gasteiger partial charge in [0.1, 0.15) is 19.8 Å². The van der Waals surface area contributed by atoms with Gasteiger partial charge in [0.2, 0.25) is 0 Å². The Balaban J connectivity index is 1.28. The normalized spacial score (nSPS) is 31.4. The average molecular weight is 851 g/mol. The molecule has 0 amide bonds. The van der Waals surface area contributed by atoms with Gasteiger partial charge in [-0.25, -0.2) is 0 Å². The van der Waals surface area contributed by atoms with Crippen LogP contribution in [0.1, 0.15) is 165 Å². The largest absolute Gasteiger partial charge is 0.469 e. The van der Waals surface area contributed by atoms with Crippen LogP contribution >= 0.6 is 0 Å². The summed E-state index contributed by atoms with van der Waals surface area (Å²) < 4.78 is 27.2. The molecule has 0 saturated heterocycles. The molecule has 0 aliphatic heterocycles. The molecule has 4 rings (SSSR count). The Kier molecular flexibility index (Phi) is 18.1. The minimum Gasteiger partial charge on any atom is -0.469 e. The van der Waals surface area contributed by atoms with Crippen LogP contribution < -0.4 is 0 Å². The molecule has 10 heteroatoms. The number of ether oxygens (including phenoxy) is 5. The van der Waals surface area contributed by atoms with Crippen LogP contribution in [0.25, 0.3) is 0 Å². The second-order valence-electron chi connectivity index (χ2n) is 19.8. The van der Waals surface area contributed by atoms with Crippen molar-refractivity contribution in [1.29, 1.82) is 0 Å². The Morgan fingerprint density at radius 3 is 1.80 bits per heavy atom. The first-order chi connectivity index (χ1) is 28.8. The molecule has 4 aliphatic carbocycles. The van der Waals surface area contributed by atoms with Gasteiger partial charge in [0.05, 0.1) is 39.4 Å². The van der Waals surface area contributed by atoms with Gasteiger partial charge in [0, 0.05) is 12.3 Å². The number of rotatable bonds is 20. The van der Waals surface area contributed by atoms with Crippen LogP contribution in [0.4, 0.5) is 0 Å². The van der Waals surface area contributed by atoms with E-state index in [0.717, 1.165) is 82.6 Å². The second kappa shape index (κ2) is 22.1. The summed E-state index contributed by atoms with van der Waals surface area (Å²) in [6, 6.07) is 0. The number of carbonyl (C=O) groups excluding carboxylic acids is 5. The fourth-order valence-corrected chi connectivity index (χ4v) is 11.7. The van der Waals surface area contributed by atoms with Crippen LogP contribution in [0, 0.1) is 45.3 Å². The van der Waals surface area contributed by atoms with Gasteiger partial charge in [0.25, 0.3) is 0 Å². The van der Waals surface area contributed by atoms with Crippen LogP contribution in [0.15, 0.2) is 46.6 Å². The molecule has 2 saturated carbocycles. The molecule has 4 aliphatic rings. The minimum absolute atomic E-state index is 0.0140. The summed E-state index contributed by atoms with van der Waals surface area (Å²) in [5.41, 5.74) is 4.95. The van der Waals surface area contributed by atoms with E-state index in [-0.39, 0.29) is 77.8 Å². The smallest absolute Gasteiger partial charge is 0.306 e. The van der Waals surface area contributed by atoms with Gasteiger partial charge in [-0.3, -0.25) is 24.0 Å². The third-order valence-corrected chi connectivity index (χ3v) is 16.4. The quantitative estimate of drug-likeness (QED) is 0.0662. The number of allylic oxidation sites excluding steroid dienone is 5. The molecule has 0 aromatic heterocycles. The Morgan fingerprint density at radius 1 is 0.639 bits per heavy atom. The van der Waals surface area contributed by atoms with E-state index in [1.807, 2.05) is 12.2 Å². The number of hydrogen-bond acceptors (Lipinski definition) is 10. The Morgan fingerprint density at radius 2 is 1.18 bits per heavy atom. The summed E-state index contributed by atoms with van der Waals surface area (Å²) in [7, 11) is 1.32. The lowest BCUT2D eigenvalue weighted by atomic mass is 9.46. The van der Waals surface area contributed by atoms with Crippen molar-refractivity contribution in [3.63, 3.8) is 0 Å². The molecule has 0 heterocycles. The number of fused-ring (bicyclic) bond motifs is 2. The second-order valence-corrected chi connectivity index (χ2v) is 19.8. The zero-order chi connectivity index (χ0) is 45.0. The van der Waals surface area contributed by atoms with Gasteiger partial charge >= 0.3 is 29.8 Å². The molecule has 8 atom stereocenters. The van der Waals surface area contributed by atoms with E-state index in [1.165, 1.54) is 30.8 Å². The molecular formula is C51H78O10. The lowest BCUT2D eigenvalue weighted by Crippen LogP contribution is -2.53. The van der Waals surface area contributed by atoms with Gasteiger partial charge in [-0.05, 0) is 157 Å². The lowest BCUT2D eigenvalue weighted by molar-refractivity contribution is -0.156. The molecule has 61 heavy (non-hydrogen) atoms. The van der Waals surface area contributed by atoms with Crippen LogP contribution in [0.5, 0.6) is 0 Å². The maximum atomic E-state index is 13.2. The molecule has 0 bridgehead atoms. The van der Waals surface area contributed by atoms with Crippen molar-refractivity contribution < 1.29 is 47.7 Å². The van der Waals surface area contributed by atoms with Crippen molar-refractivity contribution in [1.82, 2.24) is 0 Å². The van der Waals surface area contributed by atoms with E-state index in [0.29, 0.717) is 37.6 Å². The first kappa shape index (κ1) is 50.0. The third kappa shape index (κ3) is 12.5. The molecule has 0 spiro atoms. The van der Waals surface area contributed by atoms with Crippen molar-refractivity contribution in [2.45, 2.75) is 165 Å². The number of hydrogen-bond donors (Lipinski definition) is 0. The number of carbonyl (C=O) groups is 5. The fraction of sp³-hybridized carbons (Fsp3) is 0.745. The van der Waals surface area contributed by atoms with E-state index in [4.69, 9.17) is 18.9 Å². The molecule has 10 nitrogen and oxygen atoms in total. The van der Waals surface area contributed by atoms with Crippen molar-refractivity contribution >= 4 is 29.8 Å². The average Bonchev–Trinajstić information content (AvgIpc) is 3.22. The van der Waals surface area contributed by atoms with E-state index in [9.17, 15) is 24.0 Å². The molecule has 0 aromatic carbocycles. The van der Waals surface area contributed by atoms with Crippen molar-refractivity contribution in [3.05, 3.63) is 46.6 Å². The van der Waals surface area contributed by atoms with E-state index in [1.54, 1.807) is 0 Å². The molecule has 2 fully saturated rings. The summed E-state index contributed by atoms with van der Waals surface area (Å²) in [4.78, 5) is 61.4. The molecule has 0 aromatic rings. The van der Waals surface area contributed by atoms with Gasteiger partial charge < -0.3 is 23.7 Å². The highest BCUT2D eigenvalue weighted by atomic mass is 16.5.